The van der Waals surface area contributed by atoms with Crippen LogP contribution in [0.3, 0.4) is 0 Å². The van der Waals surface area contributed by atoms with Crippen molar-refractivity contribution in [3.05, 3.63) is 34.6 Å². The average Bonchev–Trinajstić information content (AvgIpc) is 2.34. The van der Waals surface area contributed by atoms with Crippen molar-refractivity contribution in [2.24, 2.45) is 5.92 Å². The summed E-state index contributed by atoms with van der Waals surface area (Å²) in [7, 11) is 0. The summed E-state index contributed by atoms with van der Waals surface area (Å²) >= 11 is 5.84. The van der Waals surface area contributed by atoms with E-state index in [1.165, 1.54) is 6.07 Å². The van der Waals surface area contributed by atoms with Crippen LogP contribution in [0.2, 0.25) is 5.02 Å². The predicted octanol–water partition coefficient (Wildman–Crippen LogP) is 3.12. The molecule has 0 aliphatic heterocycles. The van der Waals surface area contributed by atoms with Crippen LogP contribution in [0.5, 0.6) is 0 Å². The monoisotopic (exact) mass is 271 g/mol. The van der Waals surface area contributed by atoms with Crippen LogP contribution in [0, 0.1) is 11.7 Å². The quantitative estimate of drug-likeness (QED) is 0.882. The minimum Gasteiger partial charge on any atom is -0.393 e. The Morgan fingerprint density at radius 2 is 2.22 bits per heavy atom. The summed E-state index contributed by atoms with van der Waals surface area (Å²) in [4.78, 5) is 0. The standard InChI is InChI=1S/C14H19ClFNO/c15-12-4-5-14(16)11(7-12)9-17-8-10-2-1-3-13(18)6-10/h4-5,7,10,13,17-18H,1-3,6,8-9H2. The van der Waals surface area contributed by atoms with Crippen molar-refractivity contribution in [2.75, 3.05) is 6.54 Å². The first-order chi connectivity index (χ1) is 8.65. The van der Waals surface area contributed by atoms with Gasteiger partial charge in [-0.2, -0.15) is 0 Å². The van der Waals surface area contributed by atoms with Crippen LogP contribution in [-0.2, 0) is 6.54 Å². The maximum Gasteiger partial charge on any atom is 0.127 e. The van der Waals surface area contributed by atoms with Gasteiger partial charge in [-0.3, -0.25) is 0 Å². The van der Waals surface area contributed by atoms with E-state index in [4.69, 9.17) is 11.6 Å². The zero-order valence-electron chi connectivity index (χ0n) is 10.3. The van der Waals surface area contributed by atoms with Gasteiger partial charge in [0.25, 0.3) is 0 Å². The first kappa shape index (κ1) is 13.8. The number of aliphatic hydroxyl groups is 1. The van der Waals surface area contributed by atoms with Gasteiger partial charge in [0.15, 0.2) is 0 Å². The number of hydrogen-bond donors (Lipinski definition) is 2. The van der Waals surface area contributed by atoms with Gasteiger partial charge in [-0.1, -0.05) is 18.0 Å². The first-order valence-corrected chi connectivity index (χ1v) is 6.85. The Hall–Kier alpha value is -0.640. The van der Waals surface area contributed by atoms with Crippen molar-refractivity contribution in [2.45, 2.75) is 38.3 Å². The first-order valence-electron chi connectivity index (χ1n) is 6.48. The molecule has 0 radical (unpaired) electrons. The summed E-state index contributed by atoms with van der Waals surface area (Å²) in [6.45, 7) is 1.31. The molecule has 2 nitrogen and oxygen atoms in total. The van der Waals surface area contributed by atoms with Gasteiger partial charge >= 0.3 is 0 Å². The number of rotatable bonds is 4. The zero-order chi connectivity index (χ0) is 13.0. The number of aliphatic hydroxyl groups excluding tert-OH is 1. The summed E-state index contributed by atoms with van der Waals surface area (Å²) in [5.41, 5.74) is 0.596. The molecule has 1 aliphatic rings. The third-order valence-corrected chi connectivity index (χ3v) is 3.75. The molecule has 1 aromatic carbocycles. The van der Waals surface area contributed by atoms with E-state index in [0.717, 1.165) is 32.2 Å². The third kappa shape index (κ3) is 3.94. The third-order valence-electron chi connectivity index (χ3n) is 3.51. The van der Waals surface area contributed by atoms with Crippen LogP contribution in [0.1, 0.15) is 31.2 Å². The molecule has 1 aliphatic carbocycles. The number of hydrogen-bond acceptors (Lipinski definition) is 2. The lowest BCUT2D eigenvalue weighted by atomic mass is 9.87. The lowest BCUT2D eigenvalue weighted by Gasteiger charge is -2.26. The Labute approximate surface area is 112 Å². The Balaban J connectivity index is 1.79. The highest BCUT2D eigenvalue weighted by atomic mass is 35.5. The summed E-state index contributed by atoms with van der Waals surface area (Å²) in [5.74, 6) is 0.270. The fourth-order valence-electron chi connectivity index (χ4n) is 2.54. The predicted molar refractivity (Wildman–Crippen MR) is 71.1 cm³/mol. The Kier molecular flexibility index (Phi) is 4.98. The van der Waals surface area contributed by atoms with Gasteiger partial charge in [0.2, 0.25) is 0 Å². The van der Waals surface area contributed by atoms with Crippen molar-refractivity contribution >= 4 is 11.6 Å². The molecule has 1 fully saturated rings. The fraction of sp³-hybridized carbons (Fsp3) is 0.571. The van der Waals surface area contributed by atoms with Crippen LogP contribution in [0.4, 0.5) is 4.39 Å². The van der Waals surface area contributed by atoms with E-state index in [1.807, 2.05) is 0 Å². The Morgan fingerprint density at radius 1 is 1.39 bits per heavy atom. The molecule has 2 unspecified atom stereocenters. The van der Waals surface area contributed by atoms with E-state index >= 15 is 0 Å². The highest BCUT2D eigenvalue weighted by Gasteiger charge is 2.19. The molecule has 0 heterocycles. The van der Waals surface area contributed by atoms with Gasteiger partial charge in [0.1, 0.15) is 5.82 Å². The molecular weight excluding hydrogens is 253 g/mol. The van der Waals surface area contributed by atoms with Gasteiger partial charge < -0.3 is 10.4 Å². The van der Waals surface area contributed by atoms with Crippen molar-refractivity contribution in [1.29, 1.82) is 0 Å². The summed E-state index contributed by atoms with van der Waals surface area (Å²) < 4.78 is 13.5. The number of nitrogens with one attached hydrogen (secondary N) is 1. The lowest BCUT2D eigenvalue weighted by Crippen LogP contribution is -2.29. The zero-order valence-corrected chi connectivity index (χ0v) is 11.1. The van der Waals surface area contributed by atoms with Crippen molar-refractivity contribution in [3.63, 3.8) is 0 Å². The average molecular weight is 272 g/mol. The van der Waals surface area contributed by atoms with E-state index in [-0.39, 0.29) is 11.9 Å². The Bertz CT molecular complexity index is 399. The van der Waals surface area contributed by atoms with E-state index < -0.39 is 0 Å². The molecule has 0 saturated heterocycles. The second kappa shape index (κ2) is 6.50. The molecule has 1 aromatic rings. The van der Waals surface area contributed by atoms with E-state index in [2.05, 4.69) is 5.32 Å². The summed E-state index contributed by atoms with van der Waals surface area (Å²) in [5, 5.41) is 13.4. The van der Waals surface area contributed by atoms with Gasteiger partial charge in [-0.25, -0.2) is 4.39 Å². The molecule has 4 heteroatoms. The highest BCUT2D eigenvalue weighted by molar-refractivity contribution is 6.30. The van der Waals surface area contributed by atoms with Crippen LogP contribution in [-0.4, -0.2) is 17.8 Å². The second-order valence-corrected chi connectivity index (χ2v) is 5.49. The minimum atomic E-state index is -0.226. The van der Waals surface area contributed by atoms with E-state index in [0.29, 0.717) is 23.0 Å². The second-order valence-electron chi connectivity index (χ2n) is 5.05. The molecule has 0 spiro atoms. The molecule has 100 valence electrons. The van der Waals surface area contributed by atoms with Crippen LogP contribution in [0.25, 0.3) is 0 Å². The maximum absolute atomic E-state index is 13.5. The van der Waals surface area contributed by atoms with Crippen LogP contribution < -0.4 is 5.32 Å². The molecule has 1 saturated carbocycles. The molecule has 2 atom stereocenters. The van der Waals surface area contributed by atoms with Crippen LogP contribution >= 0.6 is 11.6 Å². The topological polar surface area (TPSA) is 32.3 Å². The van der Waals surface area contributed by atoms with Gasteiger partial charge in [-0.05, 0) is 49.9 Å². The SMILES string of the molecule is OC1CCCC(CNCc2cc(Cl)ccc2F)C1. The highest BCUT2D eigenvalue weighted by Crippen LogP contribution is 2.23. The smallest absolute Gasteiger partial charge is 0.127 e. The summed E-state index contributed by atoms with van der Waals surface area (Å²) in [6.07, 6.45) is 3.83. The van der Waals surface area contributed by atoms with Crippen molar-refractivity contribution < 1.29 is 9.50 Å². The maximum atomic E-state index is 13.5. The fourth-order valence-corrected chi connectivity index (χ4v) is 2.73. The molecular formula is C14H19ClFNO. The molecule has 2 rings (SSSR count). The molecule has 0 amide bonds. The molecule has 0 aromatic heterocycles. The largest absolute Gasteiger partial charge is 0.393 e. The number of benzene rings is 1. The normalized spacial score (nSPS) is 24.2. The molecule has 0 bridgehead atoms. The van der Waals surface area contributed by atoms with Gasteiger partial charge in [-0.15, -0.1) is 0 Å². The van der Waals surface area contributed by atoms with Crippen molar-refractivity contribution in [1.82, 2.24) is 5.32 Å². The van der Waals surface area contributed by atoms with Crippen LogP contribution in [0.15, 0.2) is 18.2 Å². The Morgan fingerprint density at radius 3 is 3.00 bits per heavy atom. The minimum absolute atomic E-state index is 0.159. The van der Waals surface area contributed by atoms with E-state index in [1.54, 1.807) is 12.1 Å². The van der Waals surface area contributed by atoms with E-state index in [9.17, 15) is 9.50 Å². The summed E-state index contributed by atoms with van der Waals surface area (Å²) in [6, 6.07) is 4.60. The van der Waals surface area contributed by atoms with Gasteiger partial charge in [0, 0.05) is 17.1 Å². The van der Waals surface area contributed by atoms with Gasteiger partial charge in [0.05, 0.1) is 6.10 Å². The van der Waals surface area contributed by atoms with Crippen molar-refractivity contribution in [3.8, 4) is 0 Å². The molecule has 18 heavy (non-hydrogen) atoms. The molecule has 2 N–H and O–H groups in total. The number of halogens is 2. The lowest BCUT2D eigenvalue weighted by molar-refractivity contribution is 0.101.